The zero-order valence-corrected chi connectivity index (χ0v) is 7.67. The van der Waals surface area contributed by atoms with Crippen LogP contribution in [0.1, 0.15) is 33.6 Å². The number of hydrogen-bond acceptors (Lipinski definition) is 1. The summed E-state index contributed by atoms with van der Waals surface area (Å²) in [6, 6.07) is 0. The van der Waals surface area contributed by atoms with E-state index in [2.05, 4.69) is 20.8 Å². The lowest BCUT2D eigenvalue weighted by Gasteiger charge is -2.16. The van der Waals surface area contributed by atoms with Crippen molar-refractivity contribution in [3.05, 3.63) is 0 Å². The van der Waals surface area contributed by atoms with Gasteiger partial charge in [-0.05, 0) is 36.0 Å². The highest BCUT2D eigenvalue weighted by atomic mass is 16.3. The molecule has 0 unspecified atom stereocenters. The lowest BCUT2D eigenvalue weighted by Crippen LogP contribution is -2.15. The van der Waals surface area contributed by atoms with Gasteiger partial charge in [0.2, 0.25) is 0 Å². The molecule has 0 saturated heterocycles. The van der Waals surface area contributed by atoms with Crippen LogP contribution >= 0.6 is 0 Å². The van der Waals surface area contributed by atoms with E-state index in [4.69, 9.17) is 0 Å². The topological polar surface area (TPSA) is 20.2 Å². The van der Waals surface area contributed by atoms with Crippen LogP contribution in [0.4, 0.5) is 0 Å². The standard InChI is InChI=1S/C10H18O/c1-6(2)7-4-9(11)10(3)5-8(7)10/h6-9,11H,4-5H2,1-3H3/t7-,8-,9-,10-/m0/s1. The Morgan fingerprint density at radius 3 is 2.27 bits per heavy atom. The molecule has 1 nitrogen and oxygen atoms in total. The van der Waals surface area contributed by atoms with Crippen molar-refractivity contribution in [3.63, 3.8) is 0 Å². The molecular weight excluding hydrogens is 136 g/mol. The van der Waals surface area contributed by atoms with Gasteiger partial charge in [-0.15, -0.1) is 0 Å². The molecular formula is C10H18O. The maximum absolute atomic E-state index is 9.72. The van der Waals surface area contributed by atoms with E-state index in [0.717, 1.165) is 24.2 Å². The molecule has 0 spiro atoms. The maximum atomic E-state index is 9.72. The molecule has 2 aliphatic carbocycles. The second kappa shape index (κ2) is 2.01. The highest BCUT2D eigenvalue weighted by Gasteiger charge is 2.63. The van der Waals surface area contributed by atoms with E-state index in [-0.39, 0.29) is 6.10 Å². The molecule has 11 heavy (non-hydrogen) atoms. The molecule has 0 heterocycles. The first-order valence-corrected chi connectivity index (χ1v) is 4.74. The number of aliphatic hydroxyl groups is 1. The van der Waals surface area contributed by atoms with Crippen LogP contribution in [0.15, 0.2) is 0 Å². The van der Waals surface area contributed by atoms with Gasteiger partial charge in [0.1, 0.15) is 0 Å². The number of rotatable bonds is 1. The number of hydrogen-bond donors (Lipinski definition) is 1. The van der Waals surface area contributed by atoms with Crippen LogP contribution in [0.2, 0.25) is 0 Å². The Labute approximate surface area is 68.8 Å². The summed E-state index contributed by atoms with van der Waals surface area (Å²) >= 11 is 0. The Morgan fingerprint density at radius 1 is 1.45 bits per heavy atom. The van der Waals surface area contributed by atoms with Crippen molar-refractivity contribution in [1.82, 2.24) is 0 Å². The van der Waals surface area contributed by atoms with E-state index >= 15 is 0 Å². The van der Waals surface area contributed by atoms with Crippen LogP contribution in [0.3, 0.4) is 0 Å². The summed E-state index contributed by atoms with van der Waals surface area (Å²) in [5.41, 5.74) is 0.328. The van der Waals surface area contributed by atoms with Gasteiger partial charge in [0, 0.05) is 0 Å². The molecule has 0 amide bonds. The summed E-state index contributed by atoms with van der Waals surface area (Å²) in [5.74, 6) is 2.41. The summed E-state index contributed by atoms with van der Waals surface area (Å²) in [7, 11) is 0. The normalized spacial score (nSPS) is 54.8. The van der Waals surface area contributed by atoms with Crippen molar-refractivity contribution < 1.29 is 5.11 Å². The van der Waals surface area contributed by atoms with Crippen LogP contribution in [-0.2, 0) is 0 Å². The zero-order chi connectivity index (χ0) is 8.22. The SMILES string of the molecule is CC(C)[C@@H]1C[C@H](O)[C@@]2(C)C[C@@H]12. The fourth-order valence-corrected chi connectivity index (χ4v) is 2.87. The maximum Gasteiger partial charge on any atom is 0.0599 e. The molecule has 2 saturated carbocycles. The third-order valence-electron chi connectivity index (χ3n) is 3.98. The van der Waals surface area contributed by atoms with Crippen molar-refractivity contribution in [2.75, 3.05) is 0 Å². The number of fused-ring (bicyclic) bond motifs is 1. The smallest absolute Gasteiger partial charge is 0.0599 e. The fourth-order valence-electron chi connectivity index (χ4n) is 2.87. The molecule has 0 aromatic carbocycles. The third kappa shape index (κ3) is 0.868. The molecule has 1 heteroatoms. The zero-order valence-electron chi connectivity index (χ0n) is 7.67. The van der Waals surface area contributed by atoms with E-state index in [0.29, 0.717) is 5.41 Å². The monoisotopic (exact) mass is 154 g/mol. The Balaban J connectivity index is 2.10. The van der Waals surface area contributed by atoms with Crippen LogP contribution in [-0.4, -0.2) is 11.2 Å². The van der Waals surface area contributed by atoms with Gasteiger partial charge in [-0.25, -0.2) is 0 Å². The summed E-state index contributed by atoms with van der Waals surface area (Å²) in [6.07, 6.45) is 2.33. The summed E-state index contributed by atoms with van der Waals surface area (Å²) in [4.78, 5) is 0. The van der Waals surface area contributed by atoms with Crippen molar-refractivity contribution in [2.24, 2.45) is 23.2 Å². The van der Waals surface area contributed by atoms with Crippen molar-refractivity contribution in [1.29, 1.82) is 0 Å². The molecule has 1 N–H and O–H groups in total. The molecule has 0 aromatic rings. The first-order chi connectivity index (χ1) is 5.05. The predicted octanol–water partition coefficient (Wildman–Crippen LogP) is 2.05. The van der Waals surface area contributed by atoms with Gasteiger partial charge in [-0.2, -0.15) is 0 Å². The summed E-state index contributed by atoms with van der Waals surface area (Å²) < 4.78 is 0. The number of aliphatic hydroxyl groups excluding tert-OH is 1. The largest absolute Gasteiger partial charge is 0.393 e. The highest BCUT2D eigenvalue weighted by Crippen LogP contribution is 2.67. The van der Waals surface area contributed by atoms with E-state index in [1.54, 1.807) is 0 Å². The molecule has 0 bridgehead atoms. The van der Waals surface area contributed by atoms with Crippen LogP contribution < -0.4 is 0 Å². The van der Waals surface area contributed by atoms with E-state index in [1.807, 2.05) is 0 Å². The lowest BCUT2D eigenvalue weighted by molar-refractivity contribution is 0.107. The van der Waals surface area contributed by atoms with E-state index in [1.165, 1.54) is 6.42 Å². The van der Waals surface area contributed by atoms with Crippen LogP contribution in [0.5, 0.6) is 0 Å². The van der Waals surface area contributed by atoms with Gasteiger partial charge in [0.15, 0.2) is 0 Å². The Bertz CT molecular complexity index is 176. The first-order valence-electron chi connectivity index (χ1n) is 4.74. The second-order valence-corrected chi connectivity index (χ2v) is 4.98. The quantitative estimate of drug-likeness (QED) is 0.613. The Kier molecular flexibility index (Phi) is 1.39. The molecule has 2 rings (SSSR count). The summed E-state index contributed by atoms with van der Waals surface area (Å²) in [6.45, 7) is 6.80. The average molecular weight is 154 g/mol. The van der Waals surface area contributed by atoms with Crippen molar-refractivity contribution >= 4 is 0 Å². The minimum absolute atomic E-state index is 0.0000926. The second-order valence-electron chi connectivity index (χ2n) is 4.98. The van der Waals surface area contributed by atoms with Gasteiger partial charge < -0.3 is 5.11 Å². The van der Waals surface area contributed by atoms with E-state index < -0.39 is 0 Å². The Hall–Kier alpha value is -0.0400. The molecule has 0 aliphatic heterocycles. The molecule has 64 valence electrons. The highest BCUT2D eigenvalue weighted by molar-refractivity contribution is 5.12. The van der Waals surface area contributed by atoms with Gasteiger partial charge in [0.05, 0.1) is 6.10 Å². The Morgan fingerprint density at radius 2 is 2.09 bits per heavy atom. The lowest BCUT2D eigenvalue weighted by atomic mass is 9.91. The summed E-state index contributed by atoms with van der Waals surface area (Å²) in [5, 5.41) is 9.72. The van der Waals surface area contributed by atoms with Gasteiger partial charge >= 0.3 is 0 Å². The van der Waals surface area contributed by atoms with Crippen molar-refractivity contribution in [3.8, 4) is 0 Å². The van der Waals surface area contributed by atoms with Crippen molar-refractivity contribution in [2.45, 2.75) is 39.7 Å². The minimum Gasteiger partial charge on any atom is -0.393 e. The predicted molar refractivity (Wildman–Crippen MR) is 45.2 cm³/mol. The van der Waals surface area contributed by atoms with E-state index in [9.17, 15) is 5.11 Å². The van der Waals surface area contributed by atoms with Gasteiger partial charge in [-0.3, -0.25) is 0 Å². The fraction of sp³-hybridized carbons (Fsp3) is 1.00. The molecule has 2 fully saturated rings. The molecule has 0 radical (unpaired) electrons. The first kappa shape index (κ1) is 7.60. The molecule has 0 aromatic heterocycles. The molecule has 2 aliphatic rings. The van der Waals surface area contributed by atoms with Crippen LogP contribution in [0, 0.1) is 23.2 Å². The van der Waals surface area contributed by atoms with Gasteiger partial charge in [-0.1, -0.05) is 20.8 Å². The van der Waals surface area contributed by atoms with Gasteiger partial charge in [0.25, 0.3) is 0 Å². The molecule has 4 atom stereocenters. The third-order valence-corrected chi connectivity index (χ3v) is 3.98. The minimum atomic E-state index is -0.0000926. The average Bonchev–Trinajstić information content (AvgIpc) is 2.51. The van der Waals surface area contributed by atoms with Crippen LogP contribution in [0.25, 0.3) is 0 Å².